The average molecular weight is 399 g/mol. The van der Waals surface area contributed by atoms with Crippen LogP contribution in [0.1, 0.15) is 25.8 Å². The molecule has 0 heterocycles. The van der Waals surface area contributed by atoms with Gasteiger partial charge in [0.1, 0.15) is 4.49 Å². The van der Waals surface area contributed by atoms with Gasteiger partial charge >= 0.3 is 6.09 Å². The summed E-state index contributed by atoms with van der Waals surface area (Å²) in [5.74, 6) is -0.125. The number of hydrogen-bond donors (Lipinski definition) is 2. The standard InChI is InChI=1S/C19H24Cl2N2O3/c1-12-5-7-13(8-6-12)23-18(25)26-10-4-9-22-17(24)16-14(11-15(20)21)19(16,2)3/h5-8,11,14,16H,4,9-10H2,1-3H3,(H,22,24)(H,23,25)/t14-,16-/m1/s1. The molecular formula is C19H24Cl2N2O3. The Hall–Kier alpha value is -1.72. The van der Waals surface area contributed by atoms with Crippen molar-refractivity contribution >= 4 is 40.9 Å². The first-order valence-corrected chi connectivity index (χ1v) is 9.28. The van der Waals surface area contributed by atoms with Gasteiger partial charge in [0.05, 0.1) is 12.5 Å². The van der Waals surface area contributed by atoms with Crippen molar-refractivity contribution in [1.82, 2.24) is 5.32 Å². The van der Waals surface area contributed by atoms with Gasteiger partial charge in [-0.05, 0) is 42.9 Å². The number of benzene rings is 1. The summed E-state index contributed by atoms with van der Waals surface area (Å²) >= 11 is 11.4. The minimum absolute atomic E-state index is 0.0325. The third-order valence-corrected chi connectivity index (χ3v) is 4.90. The van der Waals surface area contributed by atoms with Crippen LogP contribution >= 0.6 is 23.2 Å². The van der Waals surface area contributed by atoms with E-state index in [4.69, 9.17) is 27.9 Å². The van der Waals surface area contributed by atoms with Crippen LogP contribution in [-0.2, 0) is 9.53 Å². The Kier molecular flexibility index (Phi) is 6.95. The summed E-state index contributed by atoms with van der Waals surface area (Å²) in [7, 11) is 0. The number of allylic oxidation sites excluding steroid dienone is 1. The van der Waals surface area contributed by atoms with Crippen LogP contribution in [0.2, 0.25) is 0 Å². The van der Waals surface area contributed by atoms with E-state index in [0.717, 1.165) is 5.56 Å². The Labute approximate surface area is 164 Å². The van der Waals surface area contributed by atoms with Gasteiger partial charge in [-0.3, -0.25) is 10.1 Å². The van der Waals surface area contributed by atoms with E-state index in [0.29, 0.717) is 18.7 Å². The van der Waals surface area contributed by atoms with Gasteiger partial charge in [-0.15, -0.1) is 0 Å². The number of hydrogen-bond acceptors (Lipinski definition) is 3. The smallest absolute Gasteiger partial charge is 0.411 e. The Balaban J connectivity index is 1.63. The lowest BCUT2D eigenvalue weighted by atomic mass is 10.1. The molecule has 1 fully saturated rings. The minimum Gasteiger partial charge on any atom is -0.449 e. The first-order chi connectivity index (χ1) is 12.2. The Bertz CT molecular complexity index is 683. The van der Waals surface area contributed by atoms with Gasteiger partial charge in [-0.1, -0.05) is 54.7 Å². The maximum Gasteiger partial charge on any atom is 0.411 e. The molecule has 0 aromatic heterocycles. The first-order valence-electron chi connectivity index (χ1n) is 8.53. The molecule has 7 heteroatoms. The molecule has 142 valence electrons. The maximum atomic E-state index is 12.2. The minimum atomic E-state index is -0.509. The molecule has 1 aliphatic carbocycles. The number of ether oxygens (including phenoxy) is 1. The molecule has 0 radical (unpaired) electrons. The van der Waals surface area contributed by atoms with Crippen molar-refractivity contribution in [2.24, 2.45) is 17.3 Å². The van der Waals surface area contributed by atoms with Gasteiger partial charge in [-0.2, -0.15) is 0 Å². The summed E-state index contributed by atoms with van der Waals surface area (Å²) in [4.78, 5) is 23.9. The zero-order valence-electron chi connectivity index (χ0n) is 15.1. The highest BCUT2D eigenvalue weighted by Crippen LogP contribution is 2.59. The van der Waals surface area contributed by atoms with E-state index in [1.54, 1.807) is 6.08 Å². The van der Waals surface area contributed by atoms with Gasteiger partial charge < -0.3 is 10.1 Å². The largest absolute Gasteiger partial charge is 0.449 e. The van der Waals surface area contributed by atoms with Crippen LogP contribution in [0.3, 0.4) is 0 Å². The second-order valence-electron chi connectivity index (χ2n) is 7.05. The molecule has 0 bridgehead atoms. The second kappa shape index (κ2) is 8.78. The molecule has 1 saturated carbocycles. The lowest BCUT2D eigenvalue weighted by molar-refractivity contribution is -0.123. The van der Waals surface area contributed by atoms with Gasteiger partial charge in [0.25, 0.3) is 0 Å². The summed E-state index contributed by atoms with van der Waals surface area (Å²) in [5, 5.41) is 5.52. The summed E-state index contributed by atoms with van der Waals surface area (Å²) in [5.41, 5.74) is 1.65. The van der Waals surface area contributed by atoms with Crippen LogP contribution in [-0.4, -0.2) is 25.2 Å². The molecule has 2 N–H and O–H groups in total. The number of anilines is 1. The van der Waals surface area contributed by atoms with Crippen LogP contribution in [0.4, 0.5) is 10.5 Å². The van der Waals surface area contributed by atoms with Crippen LogP contribution < -0.4 is 10.6 Å². The Morgan fingerprint density at radius 3 is 2.50 bits per heavy atom. The van der Waals surface area contributed by atoms with Gasteiger partial charge in [-0.25, -0.2) is 4.79 Å². The number of halogens is 2. The molecular weight excluding hydrogens is 375 g/mol. The molecule has 1 aromatic carbocycles. The molecule has 0 aliphatic heterocycles. The number of carbonyl (C=O) groups excluding carboxylic acids is 2. The van der Waals surface area contributed by atoms with E-state index < -0.39 is 6.09 Å². The predicted octanol–water partition coefficient (Wildman–Crippen LogP) is 4.64. The van der Waals surface area contributed by atoms with Crippen LogP contribution in [0, 0.1) is 24.2 Å². The highest BCUT2D eigenvalue weighted by atomic mass is 35.5. The summed E-state index contributed by atoms with van der Waals surface area (Å²) < 4.78 is 5.29. The van der Waals surface area contributed by atoms with E-state index in [1.807, 2.05) is 45.0 Å². The lowest BCUT2D eigenvalue weighted by Gasteiger charge is -2.08. The monoisotopic (exact) mass is 398 g/mol. The van der Waals surface area contributed by atoms with Crippen LogP contribution in [0.25, 0.3) is 0 Å². The zero-order chi connectivity index (χ0) is 19.3. The van der Waals surface area contributed by atoms with E-state index in [1.165, 1.54) is 0 Å². The second-order valence-corrected chi connectivity index (χ2v) is 8.06. The highest BCUT2D eigenvalue weighted by Gasteiger charge is 2.60. The Morgan fingerprint density at radius 2 is 1.88 bits per heavy atom. The lowest BCUT2D eigenvalue weighted by Crippen LogP contribution is -2.28. The predicted molar refractivity (Wildman–Crippen MR) is 104 cm³/mol. The molecule has 2 rings (SSSR count). The van der Waals surface area contributed by atoms with E-state index in [9.17, 15) is 9.59 Å². The summed E-state index contributed by atoms with van der Waals surface area (Å²) in [6.45, 7) is 6.65. The molecule has 0 unspecified atom stereocenters. The normalized spacial score (nSPS) is 20.0. The van der Waals surface area contributed by atoms with Crippen molar-refractivity contribution in [3.8, 4) is 0 Å². The average Bonchev–Trinajstić information content (AvgIpc) is 3.08. The number of nitrogens with one attached hydrogen (secondary N) is 2. The fourth-order valence-electron chi connectivity index (χ4n) is 2.97. The number of aryl methyl sites for hydroxylation is 1. The third kappa shape index (κ3) is 5.64. The zero-order valence-corrected chi connectivity index (χ0v) is 16.7. The quantitative estimate of drug-likeness (QED) is 0.657. The highest BCUT2D eigenvalue weighted by molar-refractivity contribution is 6.55. The van der Waals surface area contributed by atoms with Crippen molar-refractivity contribution in [1.29, 1.82) is 0 Å². The van der Waals surface area contributed by atoms with E-state index in [2.05, 4.69) is 10.6 Å². The number of amides is 2. The summed E-state index contributed by atoms with van der Waals surface area (Å²) in [6.07, 6.45) is 1.74. The molecule has 0 spiro atoms. The first kappa shape index (κ1) is 20.6. The van der Waals surface area contributed by atoms with E-state index in [-0.39, 0.29) is 34.3 Å². The number of carbonyl (C=O) groups is 2. The third-order valence-electron chi connectivity index (χ3n) is 4.65. The van der Waals surface area contributed by atoms with Crippen molar-refractivity contribution in [2.75, 3.05) is 18.5 Å². The van der Waals surface area contributed by atoms with Gasteiger partial charge in [0.15, 0.2) is 0 Å². The molecule has 2 atom stereocenters. The Morgan fingerprint density at radius 1 is 1.23 bits per heavy atom. The molecule has 2 amide bonds. The van der Waals surface area contributed by atoms with Crippen molar-refractivity contribution < 1.29 is 14.3 Å². The van der Waals surface area contributed by atoms with Crippen molar-refractivity contribution in [3.05, 3.63) is 40.4 Å². The fraction of sp³-hybridized carbons (Fsp3) is 0.474. The molecule has 0 saturated heterocycles. The van der Waals surface area contributed by atoms with Crippen molar-refractivity contribution in [3.63, 3.8) is 0 Å². The number of rotatable bonds is 7. The maximum absolute atomic E-state index is 12.2. The molecule has 1 aromatic rings. The van der Waals surface area contributed by atoms with Crippen LogP contribution in [0.5, 0.6) is 0 Å². The fourth-order valence-corrected chi connectivity index (χ4v) is 3.25. The SMILES string of the molecule is Cc1ccc(NC(=O)OCCCNC(=O)[C@H]2[C@@H](C=C(Cl)Cl)C2(C)C)cc1. The topological polar surface area (TPSA) is 67.4 Å². The van der Waals surface area contributed by atoms with Gasteiger partial charge in [0, 0.05) is 12.2 Å². The van der Waals surface area contributed by atoms with Gasteiger partial charge in [0.2, 0.25) is 5.91 Å². The van der Waals surface area contributed by atoms with Crippen LogP contribution in [0.15, 0.2) is 34.8 Å². The molecule has 1 aliphatic rings. The molecule has 5 nitrogen and oxygen atoms in total. The summed E-state index contributed by atoms with van der Waals surface area (Å²) in [6, 6.07) is 7.44. The van der Waals surface area contributed by atoms with E-state index >= 15 is 0 Å². The van der Waals surface area contributed by atoms with Crippen molar-refractivity contribution in [2.45, 2.75) is 27.2 Å². The molecule has 26 heavy (non-hydrogen) atoms.